The van der Waals surface area contributed by atoms with Crippen molar-refractivity contribution in [1.82, 2.24) is 10.2 Å². The van der Waals surface area contributed by atoms with Gasteiger partial charge < -0.3 is 20.3 Å². The highest BCUT2D eigenvalue weighted by molar-refractivity contribution is 5.88. The number of hydrogen-bond donors (Lipinski definition) is 2. The standard InChI is InChI=1S/C21H28N4O2/c1-17(26)24-19-11-9-18(10-12-19)13-14-23-21(22-2)25(3)15-16-27-20-7-5-4-6-8-20/h4-12H,13-16H2,1-3H3,(H,22,23)(H,24,26). The molecule has 0 aliphatic heterocycles. The summed E-state index contributed by atoms with van der Waals surface area (Å²) >= 11 is 0. The number of aliphatic imine (C=N–C) groups is 1. The molecule has 0 fully saturated rings. The minimum absolute atomic E-state index is 0.0625. The fourth-order valence-corrected chi connectivity index (χ4v) is 2.58. The van der Waals surface area contributed by atoms with Gasteiger partial charge in [-0.05, 0) is 36.2 Å². The minimum atomic E-state index is -0.0625. The lowest BCUT2D eigenvalue weighted by Crippen LogP contribution is -2.41. The van der Waals surface area contributed by atoms with Crippen molar-refractivity contribution in [3.8, 4) is 5.75 Å². The van der Waals surface area contributed by atoms with E-state index in [1.54, 1.807) is 7.05 Å². The highest BCUT2D eigenvalue weighted by atomic mass is 16.5. The fraction of sp³-hybridized carbons (Fsp3) is 0.333. The molecule has 27 heavy (non-hydrogen) atoms. The van der Waals surface area contributed by atoms with E-state index >= 15 is 0 Å². The Kier molecular flexibility index (Phi) is 8.16. The summed E-state index contributed by atoms with van der Waals surface area (Å²) in [6, 6.07) is 17.7. The lowest BCUT2D eigenvalue weighted by Gasteiger charge is -2.22. The second kappa shape index (κ2) is 10.9. The van der Waals surface area contributed by atoms with Gasteiger partial charge in [-0.2, -0.15) is 0 Å². The first-order chi connectivity index (χ1) is 13.1. The van der Waals surface area contributed by atoms with Crippen molar-refractivity contribution in [3.05, 3.63) is 60.2 Å². The zero-order chi connectivity index (χ0) is 19.5. The summed E-state index contributed by atoms with van der Waals surface area (Å²) in [6.45, 7) is 3.60. The van der Waals surface area contributed by atoms with E-state index in [9.17, 15) is 4.79 Å². The largest absolute Gasteiger partial charge is 0.492 e. The van der Waals surface area contributed by atoms with Crippen molar-refractivity contribution >= 4 is 17.6 Å². The summed E-state index contributed by atoms with van der Waals surface area (Å²) in [4.78, 5) is 17.4. The van der Waals surface area contributed by atoms with Crippen LogP contribution in [0.5, 0.6) is 5.75 Å². The van der Waals surface area contributed by atoms with Crippen LogP contribution in [0, 0.1) is 0 Å². The van der Waals surface area contributed by atoms with Gasteiger partial charge in [-0.1, -0.05) is 30.3 Å². The number of carbonyl (C=O) groups excluding carboxylic acids is 1. The van der Waals surface area contributed by atoms with Crippen LogP contribution in [-0.4, -0.2) is 50.6 Å². The monoisotopic (exact) mass is 368 g/mol. The number of nitrogens with zero attached hydrogens (tertiary/aromatic N) is 2. The van der Waals surface area contributed by atoms with Crippen LogP contribution in [0.25, 0.3) is 0 Å². The molecule has 0 saturated carbocycles. The molecular formula is C21H28N4O2. The number of amides is 1. The van der Waals surface area contributed by atoms with Gasteiger partial charge in [0.1, 0.15) is 12.4 Å². The van der Waals surface area contributed by atoms with E-state index in [0.717, 1.165) is 36.9 Å². The van der Waals surface area contributed by atoms with Crippen molar-refractivity contribution in [1.29, 1.82) is 0 Å². The fourth-order valence-electron chi connectivity index (χ4n) is 2.58. The van der Waals surface area contributed by atoms with Gasteiger partial charge in [-0.15, -0.1) is 0 Å². The van der Waals surface area contributed by atoms with Gasteiger partial charge in [-0.25, -0.2) is 0 Å². The normalized spacial score (nSPS) is 11.0. The first-order valence-electron chi connectivity index (χ1n) is 9.04. The van der Waals surface area contributed by atoms with Crippen molar-refractivity contribution in [3.63, 3.8) is 0 Å². The molecule has 0 heterocycles. The third-order valence-electron chi connectivity index (χ3n) is 3.98. The first kappa shape index (κ1) is 20.3. The highest BCUT2D eigenvalue weighted by Crippen LogP contribution is 2.10. The van der Waals surface area contributed by atoms with Crippen LogP contribution in [0.1, 0.15) is 12.5 Å². The molecule has 0 aromatic heterocycles. The van der Waals surface area contributed by atoms with E-state index < -0.39 is 0 Å². The summed E-state index contributed by atoms with van der Waals surface area (Å²) in [7, 11) is 3.77. The Hall–Kier alpha value is -3.02. The summed E-state index contributed by atoms with van der Waals surface area (Å²) < 4.78 is 5.73. The number of para-hydroxylation sites is 1. The van der Waals surface area contributed by atoms with Crippen molar-refractivity contribution in [2.24, 2.45) is 4.99 Å². The van der Waals surface area contributed by atoms with Gasteiger partial charge in [-0.3, -0.25) is 9.79 Å². The number of ether oxygens (including phenoxy) is 1. The molecule has 0 radical (unpaired) electrons. The number of guanidine groups is 1. The maximum atomic E-state index is 11.0. The highest BCUT2D eigenvalue weighted by Gasteiger charge is 2.06. The Morgan fingerprint density at radius 1 is 1.11 bits per heavy atom. The third kappa shape index (κ3) is 7.40. The van der Waals surface area contributed by atoms with Crippen molar-refractivity contribution < 1.29 is 9.53 Å². The molecule has 1 amide bonds. The summed E-state index contributed by atoms with van der Waals surface area (Å²) in [5, 5.41) is 6.13. The van der Waals surface area contributed by atoms with Gasteiger partial charge in [0.2, 0.25) is 5.91 Å². The Morgan fingerprint density at radius 3 is 2.44 bits per heavy atom. The molecule has 0 aliphatic carbocycles. The number of likely N-dealkylation sites (N-methyl/N-ethyl adjacent to an activating group) is 1. The van der Waals surface area contributed by atoms with Crippen LogP contribution in [0.15, 0.2) is 59.6 Å². The topological polar surface area (TPSA) is 66.0 Å². The summed E-state index contributed by atoms with van der Waals surface area (Å²) in [6.07, 6.45) is 0.869. The van der Waals surface area contributed by atoms with Crippen molar-refractivity contribution in [2.75, 3.05) is 39.1 Å². The van der Waals surface area contributed by atoms with E-state index in [0.29, 0.717) is 6.61 Å². The van der Waals surface area contributed by atoms with Crippen LogP contribution in [0.4, 0.5) is 5.69 Å². The number of carbonyl (C=O) groups is 1. The molecule has 0 spiro atoms. The number of hydrogen-bond acceptors (Lipinski definition) is 3. The third-order valence-corrected chi connectivity index (χ3v) is 3.98. The van der Waals surface area contributed by atoms with Gasteiger partial charge in [0.05, 0.1) is 6.54 Å². The second-order valence-electron chi connectivity index (χ2n) is 6.19. The zero-order valence-electron chi connectivity index (χ0n) is 16.2. The molecule has 0 unspecified atom stereocenters. The molecule has 0 bridgehead atoms. The van der Waals surface area contributed by atoms with Crippen LogP contribution < -0.4 is 15.4 Å². The van der Waals surface area contributed by atoms with Gasteiger partial charge in [0.15, 0.2) is 5.96 Å². The molecule has 2 N–H and O–H groups in total. The number of rotatable bonds is 8. The molecule has 0 atom stereocenters. The van der Waals surface area contributed by atoms with Crippen LogP contribution in [0.3, 0.4) is 0 Å². The molecule has 6 nitrogen and oxygen atoms in total. The van der Waals surface area contributed by atoms with Gasteiger partial charge in [0, 0.05) is 33.3 Å². The molecular weight excluding hydrogens is 340 g/mol. The minimum Gasteiger partial charge on any atom is -0.492 e. The maximum absolute atomic E-state index is 11.0. The predicted molar refractivity (Wildman–Crippen MR) is 110 cm³/mol. The average Bonchev–Trinajstić information content (AvgIpc) is 2.67. The molecule has 2 aromatic carbocycles. The number of anilines is 1. The van der Waals surface area contributed by atoms with Crippen LogP contribution >= 0.6 is 0 Å². The molecule has 0 saturated heterocycles. The molecule has 0 aliphatic rings. The lowest BCUT2D eigenvalue weighted by atomic mass is 10.1. The van der Waals surface area contributed by atoms with Crippen LogP contribution in [-0.2, 0) is 11.2 Å². The maximum Gasteiger partial charge on any atom is 0.221 e. The average molecular weight is 368 g/mol. The van der Waals surface area contributed by atoms with E-state index in [1.165, 1.54) is 12.5 Å². The number of benzene rings is 2. The first-order valence-corrected chi connectivity index (χ1v) is 9.04. The summed E-state index contributed by atoms with van der Waals surface area (Å²) in [5.41, 5.74) is 2.01. The van der Waals surface area contributed by atoms with Crippen molar-refractivity contribution in [2.45, 2.75) is 13.3 Å². The SMILES string of the molecule is CN=C(NCCc1ccc(NC(C)=O)cc1)N(C)CCOc1ccccc1. The Bertz CT molecular complexity index is 730. The summed E-state index contributed by atoms with van der Waals surface area (Å²) in [5.74, 6) is 1.64. The molecule has 2 aromatic rings. The number of nitrogens with one attached hydrogen (secondary N) is 2. The van der Waals surface area contributed by atoms with E-state index in [1.807, 2.05) is 66.5 Å². The molecule has 2 rings (SSSR count). The lowest BCUT2D eigenvalue weighted by molar-refractivity contribution is -0.114. The Morgan fingerprint density at radius 2 is 1.81 bits per heavy atom. The Balaban J connectivity index is 1.71. The predicted octanol–water partition coefficient (Wildman–Crippen LogP) is 2.77. The molecule has 144 valence electrons. The quantitative estimate of drug-likeness (QED) is 0.555. The second-order valence-corrected chi connectivity index (χ2v) is 6.19. The zero-order valence-corrected chi connectivity index (χ0v) is 16.2. The van der Waals surface area contributed by atoms with Gasteiger partial charge in [0.25, 0.3) is 0 Å². The van der Waals surface area contributed by atoms with Crippen LogP contribution in [0.2, 0.25) is 0 Å². The molecule has 6 heteroatoms. The van der Waals surface area contributed by atoms with E-state index in [2.05, 4.69) is 15.6 Å². The smallest absolute Gasteiger partial charge is 0.221 e. The van der Waals surface area contributed by atoms with E-state index in [4.69, 9.17) is 4.74 Å². The Labute approximate surface area is 161 Å². The van der Waals surface area contributed by atoms with E-state index in [-0.39, 0.29) is 5.91 Å². The van der Waals surface area contributed by atoms with Gasteiger partial charge >= 0.3 is 0 Å².